The minimum atomic E-state index is -1.77. The van der Waals surface area contributed by atoms with Crippen LogP contribution in [0, 0.1) is 0 Å². The zero-order chi connectivity index (χ0) is 12.0. The van der Waals surface area contributed by atoms with Crippen LogP contribution in [-0.2, 0) is 15.6 Å². The lowest BCUT2D eigenvalue weighted by Gasteiger charge is -2.21. The maximum absolute atomic E-state index is 10.9. The van der Waals surface area contributed by atoms with Crippen molar-refractivity contribution in [1.29, 1.82) is 0 Å². The molecule has 2 nitrogen and oxygen atoms in total. The Morgan fingerprint density at radius 3 is 2.44 bits per heavy atom. The van der Waals surface area contributed by atoms with Crippen LogP contribution < -0.4 is 0 Å². The summed E-state index contributed by atoms with van der Waals surface area (Å²) >= 11 is 0. The zero-order valence-electron chi connectivity index (χ0n) is 10.3. The molecule has 0 amide bonds. The van der Waals surface area contributed by atoms with Gasteiger partial charge in [-0.3, -0.25) is 4.79 Å². The second kappa shape index (κ2) is 5.85. The van der Waals surface area contributed by atoms with Crippen molar-refractivity contribution in [2.75, 3.05) is 0 Å². The molecule has 1 rings (SSSR count). The summed E-state index contributed by atoms with van der Waals surface area (Å²) in [6, 6.07) is 11.5. The highest BCUT2D eigenvalue weighted by Gasteiger charge is 2.24. The molecule has 0 aliphatic carbocycles. The lowest BCUT2D eigenvalue weighted by atomic mass is 10.1. The van der Waals surface area contributed by atoms with Crippen molar-refractivity contribution in [3.05, 3.63) is 35.9 Å². The third-order valence-electron chi connectivity index (χ3n) is 2.51. The number of carbonyl (C=O) groups excluding carboxylic acids is 1. The van der Waals surface area contributed by atoms with Gasteiger partial charge in [0.2, 0.25) is 8.32 Å². The topological polar surface area (TPSA) is 26.3 Å². The molecule has 0 saturated carbocycles. The summed E-state index contributed by atoms with van der Waals surface area (Å²) in [5.74, 6) is -0.142. The van der Waals surface area contributed by atoms with Crippen LogP contribution in [0.4, 0.5) is 0 Å². The predicted octanol–water partition coefficient (Wildman–Crippen LogP) is 3.39. The first-order chi connectivity index (χ1) is 7.49. The zero-order valence-corrected chi connectivity index (χ0v) is 11.3. The van der Waals surface area contributed by atoms with Gasteiger partial charge < -0.3 is 4.43 Å². The van der Waals surface area contributed by atoms with E-state index in [0.717, 1.165) is 18.9 Å². The number of rotatable bonds is 5. The number of hydrogen-bond acceptors (Lipinski definition) is 2. The van der Waals surface area contributed by atoms with Crippen LogP contribution in [0.5, 0.6) is 0 Å². The van der Waals surface area contributed by atoms with E-state index in [1.807, 2.05) is 6.07 Å². The molecule has 0 saturated heterocycles. The summed E-state index contributed by atoms with van der Waals surface area (Å²) < 4.78 is 5.38. The van der Waals surface area contributed by atoms with Crippen molar-refractivity contribution in [1.82, 2.24) is 0 Å². The van der Waals surface area contributed by atoms with Gasteiger partial charge in [-0.25, -0.2) is 0 Å². The Labute approximate surface area is 98.8 Å². The maximum Gasteiger partial charge on any atom is 0.289 e. The second-order valence-corrected chi connectivity index (χ2v) is 8.92. The Balaban J connectivity index is 2.32. The molecule has 0 aromatic heterocycles. The van der Waals surface area contributed by atoms with Crippen LogP contribution in [0.15, 0.2) is 30.3 Å². The molecule has 3 heteroatoms. The molecule has 0 aliphatic rings. The summed E-state index contributed by atoms with van der Waals surface area (Å²) in [6.45, 7) is 5.69. The largest absolute Gasteiger partial charge is 0.520 e. The maximum atomic E-state index is 10.9. The molecule has 0 bridgehead atoms. The van der Waals surface area contributed by atoms with Crippen LogP contribution in [-0.4, -0.2) is 14.3 Å². The monoisotopic (exact) mass is 236 g/mol. The molecule has 0 heterocycles. The molecular weight excluding hydrogens is 216 g/mol. The summed E-state index contributed by atoms with van der Waals surface area (Å²) in [4.78, 5) is 10.9. The average molecular weight is 236 g/mol. The first-order valence-electron chi connectivity index (χ1n) is 5.73. The van der Waals surface area contributed by atoms with E-state index in [1.54, 1.807) is 0 Å². The summed E-state index contributed by atoms with van der Waals surface area (Å²) in [7, 11) is -1.77. The summed E-state index contributed by atoms with van der Waals surface area (Å²) in [5, 5.41) is 0. The fourth-order valence-electron chi connectivity index (χ4n) is 1.80. The van der Waals surface area contributed by atoms with Gasteiger partial charge in [0.25, 0.3) is 5.97 Å². The highest BCUT2D eigenvalue weighted by molar-refractivity contribution is 6.72. The number of benzene rings is 1. The molecule has 88 valence electrons. The molecule has 0 unspecified atom stereocenters. The second-order valence-electron chi connectivity index (χ2n) is 4.69. The van der Waals surface area contributed by atoms with Gasteiger partial charge in [-0.2, -0.15) is 0 Å². The Morgan fingerprint density at radius 1 is 1.25 bits per heavy atom. The molecule has 0 N–H and O–H groups in total. The molecule has 0 spiro atoms. The molecular formula is C13H20O2Si. The van der Waals surface area contributed by atoms with Gasteiger partial charge in [-0.15, -0.1) is 0 Å². The summed E-state index contributed by atoms with van der Waals surface area (Å²) in [6.07, 6.45) is 2.16. The van der Waals surface area contributed by atoms with Crippen LogP contribution in [0.1, 0.15) is 18.9 Å². The van der Waals surface area contributed by atoms with Gasteiger partial charge in [0.15, 0.2) is 0 Å². The van der Waals surface area contributed by atoms with E-state index in [4.69, 9.17) is 4.43 Å². The van der Waals surface area contributed by atoms with Gasteiger partial charge in [0, 0.05) is 6.92 Å². The van der Waals surface area contributed by atoms with E-state index < -0.39 is 8.32 Å². The fourth-order valence-corrected chi connectivity index (χ4v) is 3.71. The highest BCUT2D eigenvalue weighted by atomic mass is 28.4. The quantitative estimate of drug-likeness (QED) is 0.733. The van der Waals surface area contributed by atoms with Crippen LogP contribution in [0.2, 0.25) is 19.1 Å². The van der Waals surface area contributed by atoms with Crippen LogP contribution in [0.25, 0.3) is 0 Å². The van der Waals surface area contributed by atoms with Gasteiger partial charge in [-0.05, 0) is 37.5 Å². The van der Waals surface area contributed by atoms with E-state index >= 15 is 0 Å². The van der Waals surface area contributed by atoms with Crippen molar-refractivity contribution < 1.29 is 9.22 Å². The lowest BCUT2D eigenvalue weighted by molar-refractivity contribution is -0.132. The third-order valence-corrected chi connectivity index (χ3v) is 4.90. The van der Waals surface area contributed by atoms with Crippen LogP contribution >= 0.6 is 0 Å². The highest BCUT2D eigenvalue weighted by Crippen LogP contribution is 2.16. The smallest absolute Gasteiger partial charge is 0.289 e. The molecule has 1 aromatic carbocycles. The molecule has 1 aromatic rings. The molecule has 0 fully saturated rings. The first-order valence-corrected chi connectivity index (χ1v) is 8.85. The average Bonchev–Trinajstić information content (AvgIpc) is 2.16. The predicted molar refractivity (Wildman–Crippen MR) is 68.8 cm³/mol. The van der Waals surface area contributed by atoms with E-state index in [1.165, 1.54) is 12.5 Å². The van der Waals surface area contributed by atoms with Crippen molar-refractivity contribution in [3.8, 4) is 0 Å². The van der Waals surface area contributed by atoms with Gasteiger partial charge in [0.1, 0.15) is 0 Å². The van der Waals surface area contributed by atoms with E-state index in [9.17, 15) is 4.79 Å². The number of hydrogen-bond donors (Lipinski definition) is 0. The van der Waals surface area contributed by atoms with Gasteiger partial charge in [0.05, 0.1) is 0 Å². The van der Waals surface area contributed by atoms with Crippen molar-refractivity contribution >= 4 is 14.3 Å². The van der Waals surface area contributed by atoms with Crippen LogP contribution in [0.3, 0.4) is 0 Å². The molecule has 0 radical (unpaired) electrons. The molecule has 16 heavy (non-hydrogen) atoms. The van der Waals surface area contributed by atoms with Crippen molar-refractivity contribution in [2.45, 2.75) is 38.9 Å². The Kier molecular flexibility index (Phi) is 4.74. The minimum Gasteiger partial charge on any atom is -0.520 e. The SMILES string of the molecule is CC(=O)O[Si](C)(C)CCCc1ccccc1. The Hall–Kier alpha value is -1.09. The third kappa shape index (κ3) is 5.12. The van der Waals surface area contributed by atoms with Gasteiger partial charge >= 0.3 is 0 Å². The molecule has 0 aliphatic heterocycles. The standard InChI is InChI=1S/C13H20O2Si/c1-12(14)15-16(2,3)11-7-10-13-8-5-4-6-9-13/h4-6,8-9H,7,10-11H2,1-3H3. The Morgan fingerprint density at radius 2 is 1.88 bits per heavy atom. The lowest BCUT2D eigenvalue weighted by Crippen LogP contribution is -2.32. The number of aryl methyl sites for hydroxylation is 1. The fraction of sp³-hybridized carbons (Fsp3) is 0.462. The molecule has 0 atom stereocenters. The van der Waals surface area contributed by atoms with E-state index in [0.29, 0.717) is 0 Å². The van der Waals surface area contributed by atoms with Gasteiger partial charge in [-0.1, -0.05) is 30.3 Å². The Bertz CT molecular complexity index is 333. The summed E-state index contributed by atoms with van der Waals surface area (Å²) in [5.41, 5.74) is 1.36. The van der Waals surface area contributed by atoms with Crippen molar-refractivity contribution in [3.63, 3.8) is 0 Å². The van der Waals surface area contributed by atoms with E-state index in [-0.39, 0.29) is 5.97 Å². The van der Waals surface area contributed by atoms with Crippen molar-refractivity contribution in [2.24, 2.45) is 0 Å². The first kappa shape index (κ1) is 13.0. The van der Waals surface area contributed by atoms with E-state index in [2.05, 4.69) is 37.4 Å². The normalized spacial score (nSPS) is 11.2. The number of carbonyl (C=O) groups is 1. The minimum absolute atomic E-state index is 0.142.